The lowest BCUT2D eigenvalue weighted by Crippen LogP contribution is -2.27. The molecule has 0 radical (unpaired) electrons. The average Bonchev–Trinajstić information content (AvgIpc) is 2.25. The number of carbonyl (C=O) groups is 1. The fourth-order valence-corrected chi connectivity index (χ4v) is 1.08. The maximum atomic E-state index is 12.6. The van der Waals surface area contributed by atoms with E-state index in [0.717, 1.165) is 0 Å². The van der Waals surface area contributed by atoms with Gasteiger partial charge in [-0.1, -0.05) is 0 Å². The highest BCUT2D eigenvalue weighted by atomic mass is 19.1. The molecule has 0 bridgehead atoms. The van der Waals surface area contributed by atoms with E-state index in [0.29, 0.717) is 25.3 Å². The summed E-state index contributed by atoms with van der Waals surface area (Å²) in [5.74, 6) is -0.560. The first-order chi connectivity index (χ1) is 7.24. The summed E-state index contributed by atoms with van der Waals surface area (Å²) in [5, 5.41) is 2.67. The first-order valence-corrected chi connectivity index (χ1v) is 4.85. The molecule has 3 nitrogen and oxygen atoms in total. The number of hydrogen-bond acceptors (Lipinski definition) is 2. The third-order valence-corrected chi connectivity index (χ3v) is 1.84. The Kier molecular flexibility index (Phi) is 4.77. The average molecular weight is 211 g/mol. The van der Waals surface area contributed by atoms with Crippen LogP contribution in [0.15, 0.2) is 24.3 Å². The zero-order valence-electron chi connectivity index (χ0n) is 8.63. The monoisotopic (exact) mass is 211 g/mol. The largest absolute Gasteiger partial charge is 0.380 e. The minimum absolute atomic E-state index is 0.213. The van der Waals surface area contributed by atoms with Crippen molar-refractivity contribution in [1.82, 2.24) is 5.32 Å². The van der Waals surface area contributed by atoms with Crippen molar-refractivity contribution < 1.29 is 13.9 Å². The van der Waals surface area contributed by atoms with Crippen molar-refractivity contribution in [2.75, 3.05) is 19.8 Å². The quantitative estimate of drug-likeness (QED) is 0.751. The molecule has 4 heteroatoms. The first-order valence-electron chi connectivity index (χ1n) is 4.85. The van der Waals surface area contributed by atoms with Crippen LogP contribution in [0.25, 0.3) is 0 Å². The summed E-state index contributed by atoms with van der Waals surface area (Å²) in [6.07, 6.45) is 0. The summed E-state index contributed by atoms with van der Waals surface area (Å²) in [7, 11) is 0. The lowest BCUT2D eigenvalue weighted by molar-refractivity contribution is 0.0922. The van der Waals surface area contributed by atoms with Crippen molar-refractivity contribution in [2.45, 2.75) is 6.92 Å². The van der Waals surface area contributed by atoms with Gasteiger partial charge in [0.1, 0.15) is 5.82 Å². The normalized spacial score (nSPS) is 10.0. The molecular weight excluding hydrogens is 197 g/mol. The predicted octanol–water partition coefficient (Wildman–Crippen LogP) is 1.59. The third kappa shape index (κ3) is 4.08. The topological polar surface area (TPSA) is 38.3 Å². The van der Waals surface area contributed by atoms with E-state index < -0.39 is 0 Å². The van der Waals surface area contributed by atoms with Crippen LogP contribution in [-0.2, 0) is 4.74 Å². The van der Waals surface area contributed by atoms with Crippen LogP contribution in [0.4, 0.5) is 4.39 Å². The van der Waals surface area contributed by atoms with Crippen molar-refractivity contribution in [2.24, 2.45) is 0 Å². The van der Waals surface area contributed by atoms with Crippen LogP contribution >= 0.6 is 0 Å². The highest BCUT2D eigenvalue weighted by molar-refractivity contribution is 5.94. The number of carbonyl (C=O) groups excluding carboxylic acids is 1. The van der Waals surface area contributed by atoms with E-state index in [1.807, 2.05) is 6.92 Å². The fourth-order valence-electron chi connectivity index (χ4n) is 1.08. The number of rotatable bonds is 5. The molecule has 0 spiro atoms. The molecular formula is C11H14FNO2. The van der Waals surface area contributed by atoms with Gasteiger partial charge < -0.3 is 10.1 Å². The highest BCUT2D eigenvalue weighted by Crippen LogP contribution is 2.01. The van der Waals surface area contributed by atoms with Gasteiger partial charge in [0.25, 0.3) is 5.91 Å². The molecule has 1 N–H and O–H groups in total. The van der Waals surface area contributed by atoms with Gasteiger partial charge >= 0.3 is 0 Å². The lowest BCUT2D eigenvalue weighted by Gasteiger charge is -2.04. The van der Waals surface area contributed by atoms with Gasteiger partial charge in [0, 0.05) is 18.7 Å². The van der Waals surface area contributed by atoms with Crippen molar-refractivity contribution in [1.29, 1.82) is 0 Å². The number of ether oxygens (including phenoxy) is 1. The van der Waals surface area contributed by atoms with E-state index in [-0.39, 0.29) is 11.7 Å². The van der Waals surface area contributed by atoms with Gasteiger partial charge in [-0.25, -0.2) is 4.39 Å². The van der Waals surface area contributed by atoms with Gasteiger partial charge in [-0.3, -0.25) is 4.79 Å². The van der Waals surface area contributed by atoms with E-state index >= 15 is 0 Å². The summed E-state index contributed by atoms with van der Waals surface area (Å²) >= 11 is 0. The van der Waals surface area contributed by atoms with Crippen LogP contribution in [-0.4, -0.2) is 25.7 Å². The Morgan fingerprint density at radius 3 is 2.67 bits per heavy atom. The van der Waals surface area contributed by atoms with Gasteiger partial charge in [0.05, 0.1) is 6.61 Å². The zero-order valence-corrected chi connectivity index (χ0v) is 8.63. The van der Waals surface area contributed by atoms with Gasteiger partial charge in [-0.15, -0.1) is 0 Å². The molecule has 1 rings (SSSR count). The van der Waals surface area contributed by atoms with E-state index in [4.69, 9.17) is 4.74 Å². The standard InChI is InChI=1S/C11H14FNO2/c1-2-15-8-7-13-11(14)9-3-5-10(12)6-4-9/h3-6H,2,7-8H2,1H3,(H,13,14). The van der Waals surface area contributed by atoms with Crippen molar-refractivity contribution in [3.63, 3.8) is 0 Å². The molecule has 0 atom stereocenters. The van der Waals surface area contributed by atoms with Gasteiger partial charge in [-0.05, 0) is 31.2 Å². The second-order valence-electron chi connectivity index (χ2n) is 2.96. The number of amides is 1. The summed E-state index contributed by atoms with van der Waals surface area (Å²) in [6, 6.07) is 5.42. The molecule has 0 aliphatic heterocycles. The Bertz CT molecular complexity index is 311. The first kappa shape index (κ1) is 11.7. The lowest BCUT2D eigenvalue weighted by atomic mass is 10.2. The molecule has 1 aromatic rings. The van der Waals surface area contributed by atoms with Crippen LogP contribution in [0.2, 0.25) is 0 Å². The molecule has 0 fully saturated rings. The molecule has 0 aromatic heterocycles. The summed E-state index contributed by atoms with van der Waals surface area (Å²) in [5.41, 5.74) is 0.452. The Morgan fingerprint density at radius 1 is 1.40 bits per heavy atom. The van der Waals surface area contributed by atoms with Crippen LogP contribution in [0.1, 0.15) is 17.3 Å². The molecule has 1 aromatic carbocycles. The minimum Gasteiger partial charge on any atom is -0.380 e. The predicted molar refractivity (Wildman–Crippen MR) is 55.2 cm³/mol. The van der Waals surface area contributed by atoms with Crippen molar-refractivity contribution >= 4 is 5.91 Å². The maximum absolute atomic E-state index is 12.6. The molecule has 82 valence electrons. The zero-order chi connectivity index (χ0) is 11.1. The second kappa shape index (κ2) is 6.14. The van der Waals surface area contributed by atoms with Crippen LogP contribution in [0.5, 0.6) is 0 Å². The van der Waals surface area contributed by atoms with Gasteiger partial charge in [0.15, 0.2) is 0 Å². The van der Waals surface area contributed by atoms with E-state index in [1.165, 1.54) is 24.3 Å². The van der Waals surface area contributed by atoms with Crippen molar-refractivity contribution in [3.8, 4) is 0 Å². The van der Waals surface area contributed by atoms with Crippen LogP contribution in [0, 0.1) is 5.82 Å². The molecule has 1 amide bonds. The molecule has 0 unspecified atom stereocenters. The molecule has 0 aliphatic rings. The summed E-state index contributed by atoms with van der Waals surface area (Å²) in [6.45, 7) is 3.47. The number of nitrogens with one attached hydrogen (secondary N) is 1. The Labute approximate surface area is 88.2 Å². The molecule has 0 heterocycles. The van der Waals surface area contributed by atoms with E-state index in [1.54, 1.807) is 0 Å². The Morgan fingerprint density at radius 2 is 2.07 bits per heavy atom. The number of halogens is 1. The number of hydrogen-bond donors (Lipinski definition) is 1. The number of benzene rings is 1. The SMILES string of the molecule is CCOCCNC(=O)c1ccc(F)cc1. The van der Waals surface area contributed by atoms with E-state index in [2.05, 4.69) is 5.32 Å². The molecule has 0 saturated carbocycles. The van der Waals surface area contributed by atoms with Gasteiger partial charge in [-0.2, -0.15) is 0 Å². The minimum atomic E-state index is -0.346. The second-order valence-corrected chi connectivity index (χ2v) is 2.96. The smallest absolute Gasteiger partial charge is 0.251 e. The summed E-state index contributed by atoms with van der Waals surface area (Å²) < 4.78 is 17.6. The third-order valence-electron chi connectivity index (χ3n) is 1.84. The van der Waals surface area contributed by atoms with Crippen molar-refractivity contribution in [3.05, 3.63) is 35.6 Å². The van der Waals surface area contributed by atoms with Gasteiger partial charge in [0.2, 0.25) is 0 Å². The molecule has 0 saturated heterocycles. The molecule has 15 heavy (non-hydrogen) atoms. The Balaban J connectivity index is 2.37. The molecule has 0 aliphatic carbocycles. The Hall–Kier alpha value is -1.42. The van der Waals surface area contributed by atoms with Crippen LogP contribution < -0.4 is 5.32 Å². The van der Waals surface area contributed by atoms with E-state index in [9.17, 15) is 9.18 Å². The maximum Gasteiger partial charge on any atom is 0.251 e. The highest BCUT2D eigenvalue weighted by Gasteiger charge is 2.03. The van der Waals surface area contributed by atoms with Crippen LogP contribution in [0.3, 0.4) is 0 Å². The fraction of sp³-hybridized carbons (Fsp3) is 0.364. The summed E-state index contributed by atoms with van der Waals surface area (Å²) in [4.78, 5) is 11.4.